The molecule has 0 aromatic rings. The first-order chi connectivity index (χ1) is 9.12. The average molecular weight is 284 g/mol. The first kappa shape index (κ1) is 18.9. The highest BCUT2D eigenvalue weighted by Crippen LogP contribution is 2.35. The van der Waals surface area contributed by atoms with Crippen molar-refractivity contribution in [2.24, 2.45) is 10.8 Å². The van der Waals surface area contributed by atoms with Gasteiger partial charge in [0.15, 0.2) is 0 Å². The summed E-state index contributed by atoms with van der Waals surface area (Å²) in [6.07, 6.45) is 3.02. The Balaban J connectivity index is 4.20. The van der Waals surface area contributed by atoms with Crippen LogP contribution in [0.15, 0.2) is 0 Å². The van der Waals surface area contributed by atoms with Gasteiger partial charge in [0.1, 0.15) is 0 Å². The van der Waals surface area contributed by atoms with Crippen LogP contribution in [0.4, 0.5) is 0 Å². The molecule has 20 heavy (non-hydrogen) atoms. The van der Waals surface area contributed by atoms with E-state index in [1.54, 1.807) is 0 Å². The van der Waals surface area contributed by atoms with Gasteiger partial charge in [-0.05, 0) is 23.7 Å². The molecule has 4 nitrogen and oxygen atoms in total. The molecule has 0 atom stereocenters. The fourth-order valence-electron chi connectivity index (χ4n) is 2.57. The van der Waals surface area contributed by atoms with Gasteiger partial charge in [0.05, 0.1) is 0 Å². The van der Waals surface area contributed by atoms with Gasteiger partial charge >= 0.3 is 0 Å². The molecule has 0 heterocycles. The summed E-state index contributed by atoms with van der Waals surface area (Å²) in [5.41, 5.74) is 0.199. The Morgan fingerprint density at radius 3 is 1.85 bits per heavy atom. The first-order valence-electron chi connectivity index (χ1n) is 7.65. The first-order valence-corrected chi connectivity index (χ1v) is 7.65. The third kappa shape index (κ3) is 8.94. The van der Waals surface area contributed by atoms with Crippen molar-refractivity contribution in [3.8, 4) is 0 Å². The van der Waals surface area contributed by atoms with Crippen molar-refractivity contribution < 1.29 is 9.59 Å². The third-order valence-electron chi connectivity index (χ3n) is 3.49. The van der Waals surface area contributed by atoms with Crippen molar-refractivity contribution in [1.29, 1.82) is 0 Å². The van der Waals surface area contributed by atoms with E-state index in [1.807, 2.05) is 13.8 Å². The summed E-state index contributed by atoms with van der Waals surface area (Å²) in [5, 5.41) is 5.89. The Kier molecular flexibility index (Phi) is 7.84. The predicted molar refractivity (Wildman–Crippen MR) is 83.4 cm³/mol. The van der Waals surface area contributed by atoms with Crippen molar-refractivity contribution in [2.45, 2.75) is 67.2 Å². The number of rotatable bonds is 9. The quantitative estimate of drug-likeness (QED) is 0.684. The van der Waals surface area contributed by atoms with Gasteiger partial charge in [-0.1, -0.05) is 41.5 Å². The standard InChI is InChI=1S/C16H32N2O2/c1-7-13(19)17-10-9-15(3,4)11-16(5,6)12-18-14(20)8-2/h7-12H2,1-6H3,(H,17,19)(H,18,20). The number of nitrogens with one attached hydrogen (secondary N) is 2. The van der Waals surface area contributed by atoms with Crippen LogP contribution in [0.5, 0.6) is 0 Å². The molecule has 0 fully saturated rings. The van der Waals surface area contributed by atoms with Crippen molar-refractivity contribution >= 4 is 11.8 Å². The van der Waals surface area contributed by atoms with E-state index in [9.17, 15) is 9.59 Å². The molecule has 2 amide bonds. The second-order valence-electron chi connectivity index (χ2n) is 7.09. The molecule has 0 bridgehead atoms. The Bertz CT molecular complexity index is 322. The van der Waals surface area contributed by atoms with E-state index in [4.69, 9.17) is 0 Å². The number of hydrogen-bond donors (Lipinski definition) is 2. The zero-order chi connectivity index (χ0) is 15.8. The highest BCUT2D eigenvalue weighted by molar-refractivity contribution is 5.75. The second kappa shape index (κ2) is 8.28. The van der Waals surface area contributed by atoms with Crippen LogP contribution in [0.3, 0.4) is 0 Å². The normalized spacial score (nSPS) is 12.1. The van der Waals surface area contributed by atoms with Gasteiger partial charge in [-0.15, -0.1) is 0 Å². The molecule has 0 spiro atoms. The van der Waals surface area contributed by atoms with E-state index in [2.05, 4.69) is 38.3 Å². The smallest absolute Gasteiger partial charge is 0.219 e. The highest BCUT2D eigenvalue weighted by atomic mass is 16.2. The monoisotopic (exact) mass is 284 g/mol. The topological polar surface area (TPSA) is 58.2 Å². The minimum atomic E-state index is 0.0586. The molecule has 0 aliphatic carbocycles. The van der Waals surface area contributed by atoms with Crippen LogP contribution in [0.1, 0.15) is 67.2 Å². The lowest BCUT2D eigenvalue weighted by molar-refractivity contribution is -0.122. The lowest BCUT2D eigenvalue weighted by Gasteiger charge is -2.35. The van der Waals surface area contributed by atoms with Crippen LogP contribution >= 0.6 is 0 Å². The fraction of sp³-hybridized carbons (Fsp3) is 0.875. The van der Waals surface area contributed by atoms with Crippen LogP contribution in [-0.4, -0.2) is 24.9 Å². The molecule has 0 aromatic carbocycles. The molecule has 4 heteroatoms. The third-order valence-corrected chi connectivity index (χ3v) is 3.49. The van der Waals surface area contributed by atoms with Gasteiger partial charge in [-0.25, -0.2) is 0 Å². The minimum absolute atomic E-state index is 0.0586. The Morgan fingerprint density at radius 1 is 0.850 bits per heavy atom. The van der Waals surface area contributed by atoms with Crippen LogP contribution in [0.2, 0.25) is 0 Å². The maximum Gasteiger partial charge on any atom is 0.219 e. The largest absolute Gasteiger partial charge is 0.356 e. The van der Waals surface area contributed by atoms with Crippen molar-refractivity contribution in [3.63, 3.8) is 0 Å². The van der Waals surface area contributed by atoms with E-state index in [0.717, 1.165) is 19.4 Å². The lowest BCUT2D eigenvalue weighted by Crippen LogP contribution is -2.37. The maximum absolute atomic E-state index is 11.3. The molecule has 2 N–H and O–H groups in total. The molecule has 0 aromatic heterocycles. The minimum Gasteiger partial charge on any atom is -0.356 e. The van der Waals surface area contributed by atoms with Crippen molar-refractivity contribution in [2.75, 3.05) is 13.1 Å². The molecule has 0 radical (unpaired) electrons. The van der Waals surface area contributed by atoms with Crippen molar-refractivity contribution in [3.05, 3.63) is 0 Å². The molecule has 0 rings (SSSR count). The van der Waals surface area contributed by atoms with Crippen LogP contribution in [0, 0.1) is 10.8 Å². The molecule has 0 unspecified atom stereocenters. The number of amides is 2. The molecule has 0 aliphatic heterocycles. The SMILES string of the molecule is CCC(=O)NCCC(C)(C)CC(C)(C)CNC(=O)CC. The highest BCUT2D eigenvalue weighted by Gasteiger charge is 2.28. The average Bonchev–Trinajstić information content (AvgIpc) is 2.34. The second-order valence-corrected chi connectivity index (χ2v) is 7.09. The van der Waals surface area contributed by atoms with E-state index in [0.29, 0.717) is 19.4 Å². The summed E-state index contributed by atoms with van der Waals surface area (Å²) in [7, 11) is 0. The van der Waals surface area contributed by atoms with Crippen molar-refractivity contribution in [1.82, 2.24) is 10.6 Å². The maximum atomic E-state index is 11.3. The van der Waals surface area contributed by atoms with Crippen LogP contribution in [-0.2, 0) is 9.59 Å². The Hall–Kier alpha value is -1.06. The molecule has 0 saturated carbocycles. The van der Waals surface area contributed by atoms with Gasteiger partial charge in [0.25, 0.3) is 0 Å². The van der Waals surface area contributed by atoms with Gasteiger partial charge in [-0.2, -0.15) is 0 Å². The summed E-state index contributed by atoms with van der Waals surface area (Å²) >= 11 is 0. The summed E-state index contributed by atoms with van der Waals surface area (Å²) in [4.78, 5) is 22.6. The lowest BCUT2D eigenvalue weighted by atomic mass is 9.73. The van der Waals surface area contributed by atoms with Gasteiger partial charge < -0.3 is 10.6 Å². The molecule has 0 saturated heterocycles. The van der Waals surface area contributed by atoms with Gasteiger partial charge in [0, 0.05) is 25.9 Å². The fourth-order valence-corrected chi connectivity index (χ4v) is 2.57. The van der Waals surface area contributed by atoms with E-state index < -0.39 is 0 Å². The summed E-state index contributed by atoms with van der Waals surface area (Å²) < 4.78 is 0. The Morgan fingerprint density at radius 2 is 1.35 bits per heavy atom. The summed E-state index contributed by atoms with van der Waals surface area (Å²) in [6.45, 7) is 13.9. The van der Waals surface area contributed by atoms with E-state index in [1.165, 1.54) is 0 Å². The zero-order valence-corrected chi connectivity index (χ0v) is 14.1. The predicted octanol–water partition coefficient (Wildman–Crippen LogP) is 2.87. The van der Waals surface area contributed by atoms with Crippen LogP contribution in [0.25, 0.3) is 0 Å². The number of carbonyl (C=O) groups is 2. The molecular formula is C16H32N2O2. The van der Waals surface area contributed by atoms with Gasteiger partial charge in [-0.3, -0.25) is 9.59 Å². The molecular weight excluding hydrogens is 252 g/mol. The zero-order valence-electron chi connectivity index (χ0n) is 14.1. The summed E-state index contributed by atoms with van der Waals surface area (Å²) in [6, 6.07) is 0. The van der Waals surface area contributed by atoms with E-state index in [-0.39, 0.29) is 22.6 Å². The Labute approximate surface area is 124 Å². The molecule has 118 valence electrons. The van der Waals surface area contributed by atoms with Crippen LogP contribution < -0.4 is 10.6 Å². The summed E-state index contributed by atoms with van der Waals surface area (Å²) in [5.74, 6) is 0.210. The molecule has 0 aliphatic rings. The van der Waals surface area contributed by atoms with E-state index >= 15 is 0 Å². The number of hydrogen-bond acceptors (Lipinski definition) is 2. The number of carbonyl (C=O) groups excluding carboxylic acids is 2. The van der Waals surface area contributed by atoms with Gasteiger partial charge in [0.2, 0.25) is 11.8 Å².